The number of rotatable bonds is 2. The van der Waals surface area contributed by atoms with Crippen molar-refractivity contribution >= 4 is 16.8 Å². The third-order valence-corrected chi connectivity index (χ3v) is 2.84. The van der Waals surface area contributed by atoms with Crippen molar-refractivity contribution in [3.05, 3.63) is 35.0 Å². The number of nitrogens with two attached hydrogens (primary N) is 1. The summed E-state index contributed by atoms with van der Waals surface area (Å²) in [5.41, 5.74) is 9.74. The highest BCUT2D eigenvalue weighted by Gasteiger charge is 2.08. The predicted octanol–water partition coefficient (Wildman–Crippen LogP) is 1.81. The van der Waals surface area contributed by atoms with Crippen molar-refractivity contribution in [3.8, 4) is 0 Å². The van der Waals surface area contributed by atoms with Gasteiger partial charge < -0.3 is 10.7 Å². The monoisotopic (exact) mass is 202 g/mol. The maximum absolute atomic E-state index is 10.9. The summed E-state index contributed by atoms with van der Waals surface area (Å²) in [6.07, 6.45) is 2.16. The number of H-pyrrole nitrogens is 1. The number of amides is 1. The fraction of sp³-hybridized carbons (Fsp3) is 0.250. The second-order valence-corrected chi connectivity index (χ2v) is 3.89. The van der Waals surface area contributed by atoms with Crippen LogP contribution in [0.25, 0.3) is 10.9 Å². The molecule has 3 nitrogen and oxygen atoms in total. The summed E-state index contributed by atoms with van der Waals surface area (Å²) in [6.45, 7) is 4.14. The highest BCUT2D eigenvalue weighted by molar-refractivity contribution is 5.90. The minimum absolute atomic E-state index is 0.294. The van der Waals surface area contributed by atoms with Crippen LogP contribution in [0.2, 0.25) is 0 Å². The van der Waals surface area contributed by atoms with E-state index in [1.165, 1.54) is 11.1 Å². The van der Waals surface area contributed by atoms with E-state index in [1.807, 2.05) is 12.3 Å². The average molecular weight is 202 g/mol. The van der Waals surface area contributed by atoms with Gasteiger partial charge in [0.15, 0.2) is 0 Å². The number of carbonyl (C=O) groups is 1. The molecule has 0 aliphatic heterocycles. The van der Waals surface area contributed by atoms with Gasteiger partial charge >= 0.3 is 0 Å². The molecule has 1 heterocycles. The Morgan fingerprint density at radius 1 is 1.40 bits per heavy atom. The van der Waals surface area contributed by atoms with Crippen LogP contribution >= 0.6 is 0 Å². The molecule has 1 aromatic heterocycles. The predicted molar refractivity (Wildman–Crippen MR) is 60.7 cm³/mol. The van der Waals surface area contributed by atoms with E-state index in [0.717, 1.165) is 16.5 Å². The van der Waals surface area contributed by atoms with Crippen LogP contribution in [0, 0.1) is 13.8 Å². The second-order valence-electron chi connectivity index (χ2n) is 3.89. The Labute approximate surface area is 88.3 Å². The summed E-state index contributed by atoms with van der Waals surface area (Å²) < 4.78 is 0. The van der Waals surface area contributed by atoms with Gasteiger partial charge in [-0.3, -0.25) is 4.79 Å². The Kier molecular flexibility index (Phi) is 2.23. The standard InChI is InChI=1S/C12H14N2O/c1-7-3-4-10-9(5-11(13)15)6-14-12(10)8(7)2/h3-4,6,14H,5H2,1-2H3,(H2,13,15). The molecule has 3 N–H and O–H groups in total. The van der Waals surface area contributed by atoms with Gasteiger partial charge in [0, 0.05) is 17.1 Å². The lowest BCUT2D eigenvalue weighted by Gasteiger charge is -2.01. The Morgan fingerprint density at radius 2 is 2.13 bits per heavy atom. The third kappa shape index (κ3) is 1.61. The summed E-state index contributed by atoms with van der Waals surface area (Å²) in [4.78, 5) is 14.1. The summed E-state index contributed by atoms with van der Waals surface area (Å²) in [5.74, 6) is -0.297. The first-order valence-electron chi connectivity index (χ1n) is 4.94. The highest BCUT2D eigenvalue weighted by Crippen LogP contribution is 2.23. The van der Waals surface area contributed by atoms with E-state index < -0.39 is 0 Å². The van der Waals surface area contributed by atoms with E-state index in [9.17, 15) is 4.79 Å². The van der Waals surface area contributed by atoms with Gasteiger partial charge in [-0.25, -0.2) is 0 Å². The van der Waals surface area contributed by atoms with Gasteiger partial charge in [-0.1, -0.05) is 12.1 Å². The van der Waals surface area contributed by atoms with Crippen LogP contribution in [0.5, 0.6) is 0 Å². The van der Waals surface area contributed by atoms with Crippen LogP contribution in [0.3, 0.4) is 0 Å². The minimum atomic E-state index is -0.297. The molecule has 1 amide bonds. The molecule has 0 bridgehead atoms. The number of aryl methyl sites for hydroxylation is 2. The molecule has 0 aliphatic rings. The zero-order valence-electron chi connectivity index (χ0n) is 8.92. The first kappa shape index (κ1) is 9.77. The van der Waals surface area contributed by atoms with E-state index in [0.29, 0.717) is 6.42 Å². The van der Waals surface area contributed by atoms with E-state index in [2.05, 4.69) is 24.9 Å². The van der Waals surface area contributed by atoms with Crippen molar-refractivity contribution < 1.29 is 4.79 Å². The maximum Gasteiger partial charge on any atom is 0.221 e. The number of primary amides is 1. The number of hydrogen-bond donors (Lipinski definition) is 2. The minimum Gasteiger partial charge on any atom is -0.369 e. The number of benzene rings is 1. The molecule has 2 aromatic rings. The van der Waals surface area contributed by atoms with Crippen LogP contribution in [0.4, 0.5) is 0 Å². The number of nitrogens with one attached hydrogen (secondary N) is 1. The van der Waals surface area contributed by atoms with Crippen LogP contribution < -0.4 is 5.73 Å². The van der Waals surface area contributed by atoms with Crippen molar-refractivity contribution in [2.45, 2.75) is 20.3 Å². The molecule has 0 saturated carbocycles. The van der Waals surface area contributed by atoms with Gasteiger partial charge in [0.25, 0.3) is 0 Å². The molecule has 15 heavy (non-hydrogen) atoms. The number of aromatic amines is 1. The zero-order chi connectivity index (χ0) is 11.0. The summed E-state index contributed by atoms with van der Waals surface area (Å²) in [7, 11) is 0. The fourth-order valence-electron chi connectivity index (χ4n) is 1.84. The molecule has 0 radical (unpaired) electrons. The average Bonchev–Trinajstić information content (AvgIpc) is 2.55. The topological polar surface area (TPSA) is 58.9 Å². The van der Waals surface area contributed by atoms with Crippen molar-refractivity contribution in [2.75, 3.05) is 0 Å². The number of carbonyl (C=O) groups excluding carboxylic acids is 1. The molecule has 0 aliphatic carbocycles. The number of hydrogen-bond acceptors (Lipinski definition) is 1. The fourth-order valence-corrected chi connectivity index (χ4v) is 1.84. The van der Waals surface area contributed by atoms with Gasteiger partial charge in [-0.05, 0) is 30.5 Å². The molecule has 2 rings (SSSR count). The maximum atomic E-state index is 10.9. The molecule has 0 fully saturated rings. The normalized spacial score (nSPS) is 10.8. The van der Waals surface area contributed by atoms with Gasteiger partial charge in [0.05, 0.1) is 6.42 Å². The van der Waals surface area contributed by atoms with Gasteiger partial charge in [-0.2, -0.15) is 0 Å². The lowest BCUT2D eigenvalue weighted by Crippen LogP contribution is -2.13. The SMILES string of the molecule is Cc1ccc2c(CC(N)=O)c[nH]c2c1C. The lowest BCUT2D eigenvalue weighted by molar-refractivity contribution is -0.117. The number of aromatic nitrogens is 1. The van der Waals surface area contributed by atoms with Crippen LogP contribution in [-0.4, -0.2) is 10.9 Å². The second kappa shape index (κ2) is 3.42. The van der Waals surface area contributed by atoms with Crippen molar-refractivity contribution in [3.63, 3.8) is 0 Å². The molecule has 1 aromatic carbocycles. The van der Waals surface area contributed by atoms with E-state index in [1.54, 1.807) is 0 Å². The molecule has 78 valence electrons. The highest BCUT2D eigenvalue weighted by atomic mass is 16.1. The van der Waals surface area contributed by atoms with E-state index >= 15 is 0 Å². The van der Waals surface area contributed by atoms with Crippen LogP contribution in [-0.2, 0) is 11.2 Å². The van der Waals surface area contributed by atoms with Gasteiger partial charge in [0.1, 0.15) is 0 Å². The molecule has 0 spiro atoms. The van der Waals surface area contributed by atoms with E-state index in [4.69, 9.17) is 5.73 Å². The molecule has 3 heteroatoms. The summed E-state index contributed by atoms with van der Waals surface area (Å²) in [5, 5.41) is 1.09. The Hall–Kier alpha value is -1.77. The molecule has 0 unspecified atom stereocenters. The molecular weight excluding hydrogens is 188 g/mol. The number of fused-ring (bicyclic) bond motifs is 1. The smallest absolute Gasteiger partial charge is 0.221 e. The van der Waals surface area contributed by atoms with E-state index in [-0.39, 0.29) is 5.91 Å². The quantitative estimate of drug-likeness (QED) is 0.766. The van der Waals surface area contributed by atoms with Crippen molar-refractivity contribution in [1.82, 2.24) is 4.98 Å². The largest absolute Gasteiger partial charge is 0.369 e. The van der Waals surface area contributed by atoms with Crippen molar-refractivity contribution in [2.24, 2.45) is 5.73 Å². The van der Waals surface area contributed by atoms with Crippen molar-refractivity contribution in [1.29, 1.82) is 0 Å². The van der Waals surface area contributed by atoms with Crippen LogP contribution in [0.15, 0.2) is 18.3 Å². The Balaban J connectivity index is 2.61. The van der Waals surface area contributed by atoms with Gasteiger partial charge in [-0.15, -0.1) is 0 Å². The third-order valence-electron chi connectivity index (χ3n) is 2.84. The molecule has 0 saturated heterocycles. The molecule has 0 atom stereocenters. The zero-order valence-corrected chi connectivity index (χ0v) is 8.92. The Morgan fingerprint density at radius 3 is 2.80 bits per heavy atom. The summed E-state index contributed by atoms with van der Waals surface area (Å²) in [6, 6.07) is 4.10. The van der Waals surface area contributed by atoms with Gasteiger partial charge in [0.2, 0.25) is 5.91 Å². The van der Waals surface area contributed by atoms with Crippen LogP contribution in [0.1, 0.15) is 16.7 Å². The first-order valence-corrected chi connectivity index (χ1v) is 4.94. The molecular formula is C12H14N2O. The Bertz CT molecular complexity index is 526. The first-order chi connectivity index (χ1) is 7.09. The summed E-state index contributed by atoms with van der Waals surface area (Å²) >= 11 is 0. The lowest BCUT2D eigenvalue weighted by atomic mass is 10.0.